The largest absolute Gasteiger partial charge is 0.493 e. The highest BCUT2D eigenvalue weighted by Crippen LogP contribution is 2.24. The lowest BCUT2D eigenvalue weighted by Gasteiger charge is -2.10. The molecule has 4 heteroatoms. The molecule has 20 heavy (non-hydrogen) atoms. The van der Waals surface area contributed by atoms with Gasteiger partial charge in [-0.15, -0.1) is 11.8 Å². The quantitative estimate of drug-likeness (QED) is 0.648. The summed E-state index contributed by atoms with van der Waals surface area (Å²) in [7, 11) is 0. The van der Waals surface area contributed by atoms with Gasteiger partial charge in [0, 0.05) is 16.8 Å². The number of aromatic nitrogens is 1. The molecule has 0 aliphatic carbocycles. The second kappa shape index (κ2) is 7.20. The number of ether oxygens (including phenoxy) is 1. The summed E-state index contributed by atoms with van der Waals surface area (Å²) in [6.07, 6.45) is 4.44. The van der Waals surface area contributed by atoms with Gasteiger partial charge >= 0.3 is 0 Å². The first-order chi connectivity index (χ1) is 9.66. The van der Waals surface area contributed by atoms with E-state index in [1.54, 1.807) is 24.2 Å². The zero-order chi connectivity index (χ0) is 14.4. The number of rotatable bonds is 6. The third-order valence-corrected chi connectivity index (χ3v) is 4.13. The lowest BCUT2D eigenvalue weighted by atomic mass is 10.1. The van der Waals surface area contributed by atoms with Crippen LogP contribution in [0.3, 0.4) is 0 Å². The molecule has 0 saturated carbocycles. The van der Waals surface area contributed by atoms with Crippen LogP contribution in [0.25, 0.3) is 0 Å². The highest BCUT2D eigenvalue weighted by atomic mass is 32.2. The highest BCUT2D eigenvalue weighted by molar-refractivity contribution is 7.99. The number of nitrogens with two attached hydrogens (primary N) is 1. The fraction of sp³-hybridized carbons (Fsp3) is 0.312. The minimum absolute atomic E-state index is 0.724. The average Bonchev–Trinajstić information content (AvgIpc) is 2.44. The van der Waals surface area contributed by atoms with Gasteiger partial charge < -0.3 is 10.5 Å². The minimum atomic E-state index is 0.724. The number of benzene rings is 1. The molecule has 0 bridgehead atoms. The van der Waals surface area contributed by atoms with Crippen LogP contribution in [0.15, 0.2) is 41.6 Å². The highest BCUT2D eigenvalue weighted by Gasteiger charge is 2.01. The van der Waals surface area contributed by atoms with Crippen LogP contribution in [0.5, 0.6) is 5.75 Å². The molecule has 106 valence electrons. The Balaban J connectivity index is 1.74. The number of pyridine rings is 1. The van der Waals surface area contributed by atoms with Crippen LogP contribution >= 0.6 is 11.8 Å². The van der Waals surface area contributed by atoms with Crippen molar-refractivity contribution in [2.75, 3.05) is 18.1 Å². The Bertz CT molecular complexity index is 572. The molecule has 1 heterocycles. The molecule has 0 aliphatic rings. The number of hydrogen-bond acceptors (Lipinski definition) is 4. The first-order valence-corrected chi connectivity index (χ1v) is 7.67. The molecule has 0 unspecified atom stereocenters. The van der Waals surface area contributed by atoms with Gasteiger partial charge in [-0.2, -0.15) is 0 Å². The molecule has 0 radical (unpaired) electrons. The van der Waals surface area contributed by atoms with Crippen LogP contribution in [-0.4, -0.2) is 17.3 Å². The van der Waals surface area contributed by atoms with Crippen LogP contribution in [-0.2, 0) is 0 Å². The van der Waals surface area contributed by atoms with Gasteiger partial charge in [0.25, 0.3) is 0 Å². The Morgan fingerprint density at radius 1 is 1.25 bits per heavy atom. The van der Waals surface area contributed by atoms with E-state index in [0.717, 1.165) is 35.1 Å². The Labute approximate surface area is 124 Å². The standard InChI is InChI=1S/C16H20N2OS/c1-12-4-5-13(2)15(10-12)19-8-3-9-20-16-6-7-18-11-14(16)17/h4-7,10-11H,3,8-9,17H2,1-2H3. The van der Waals surface area contributed by atoms with Crippen molar-refractivity contribution in [1.82, 2.24) is 4.98 Å². The van der Waals surface area contributed by atoms with Gasteiger partial charge in [0.2, 0.25) is 0 Å². The summed E-state index contributed by atoms with van der Waals surface area (Å²) in [4.78, 5) is 5.07. The molecule has 0 spiro atoms. The summed E-state index contributed by atoms with van der Waals surface area (Å²) < 4.78 is 5.83. The summed E-state index contributed by atoms with van der Waals surface area (Å²) >= 11 is 1.74. The van der Waals surface area contributed by atoms with Crippen molar-refractivity contribution in [3.63, 3.8) is 0 Å². The van der Waals surface area contributed by atoms with E-state index in [9.17, 15) is 0 Å². The third-order valence-electron chi connectivity index (χ3n) is 2.96. The molecule has 1 aromatic heterocycles. The lowest BCUT2D eigenvalue weighted by Crippen LogP contribution is -2.00. The fourth-order valence-corrected chi connectivity index (χ4v) is 2.67. The maximum Gasteiger partial charge on any atom is 0.122 e. The van der Waals surface area contributed by atoms with E-state index < -0.39 is 0 Å². The van der Waals surface area contributed by atoms with E-state index in [0.29, 0.717) is 0 Å². The predicted octanol–water partition coefficient (Wildman–Crippen LogP) is 3.84. The van der Waals surface area contributed by atoms with E-state index in [1.807, 2.05) is 6.07 Å². The van der Waals surface area contributed by atoms with Crippen molar-refractivity contribution >= 4 is 17.4 Å². The topological polar surface area (TPSA) is 48.1 Å². The number of nitrogen functional groups attached to an aromatic ring is 1. The maximum absolute atomic E-state index is 5.85. The molecular formula is C16H20N2OS. The number of nitrogens with zero attached hydrogens (tertiary/aromatic N) is 1. The first-order valence-electron chi connectivity index (χ1n) is 6.69. The second-order valence-corrected chi connectivity index (χ2v) is 5.87. The maximum atomic E-state index is 5.85. The van der Waals surface area contributed by atoms with Crippen LogP contribution in [0.4, 0.5) is 5.69 Å². The molecule has 0 fully saturated rings. The molecule has 3 nitrogen and oxygen atoms in total. The van der Waals surface area contributed by atoms with E-state index in [-0.39, 0.29) is 0 Å². The SMILES string of the molecule is Cc1ccc(C)c(OCCCSc2ccncc2N)c1. The second-order valence-electron chi connectivity index (χ2n) is 4.73. The van der Waals surface area contributed by atoms with Crippen LogP contribution in [0, 0.1) is 13.8 Å². The summed E-state index contributed by atoms with van der Waals surface area (Å²) in [5.41, 5.74) is 9.00. The number of aryl methyl sites for hydroxylation is 2. The van der Waals surface area contributed by atoms with Crippen molar-refractivity contribution in [2.45, 2.75) is 25.2 Å². The van der Waals surface area contributed by atoms with Crippen molar-refractivity contribution in [3.8, 4) is 5.75 Å². The van der Waals surface area contributed by atoms with E-state index in [1.165, 1.54) is 11.1 Å². The molecule has 0 saturated heterocycles. The van der Waals surface area contributed by atoms with Gasteiger partial charge in [0.1, 0.15) is 5.75 Å². The Morgan fingerprint density at radius 3 is 2.90 bits per heavy atom. The Kier molecular flexibility index (Phi) is 5.30. The summed E-state index contributed by atoms with van der Waals surface area (Å²) in [6, 6.07) is 8.23. The van der Waals surface area contributed by atoms with Crippen molar-refractivity contribution in [3.05, 3.63) is 47.8 Å². The normalized spacial score (nSPS) is 10.5. The van der Waals surface area contributed by atoms with Gasteiger partial charge in [-0.3, -0.25) is 4.98 Å². The van der Waals surface area contributed by atoms with Gasteiger partial charge in [0.05, 0.1) is 18.5 Å². The van der Waals surface area contributed by atoms with Gasteiger partial charge in [-0.05, 0) is 43.5 Å². The lowest BCUT2D eigenvalue weighted by molar-refractivity contribution is 0.316. The molecule has 0 atom stereocenters. The summed E-state index contributed by atoms with van der Waals surface area (Å²) in [6.45, 7) is 4.87. The van der Waals surface area contributed by atoms with Gasteiger partial charge in [-0.25, -0.2) is 0 Å². The number of hydrogen-bond donors (Lipinski definition) is 1. The molecule has 2 aromatic rings. The Morgan fingerprint density at radius 2 is 2.10 bits per heavy atom. The zero-order valence-electron chi connectivity index (χ0n) is 11.9. The summed E-state index contributed by atoms with van der Waals surface area (Å²) in [5, 5.41) is 0. The first kappa shape index (κ1) is 14.7. The predicted molar refractivity (Wildman–Crippen MR) is 85.4 cm³/mol. The molecule has 1 aromatic carbocycles. The fourth-order valence-electron chi connectivity index (χ4n) is 1.81. The molecule has 0 amide bonds. The summed E-state index contributed by atoms with van der Waals surface area (Å²) in [5.74, 6) is 1.97. The molecular weight excluding hydrogens is 268 g/mol. The number of thioether (sulfide) groups is 1. The van der Waals surface area contributed by atoms with Crippen LogP contribution in [0.2, 0.25) is 0 Å². The van der Waals surface area contributed by atoms with Gasteiger partial charge in [-0.1, -0.05) is 12.1 Å². The zero-order valence-corrected chi connectivity index (χ0v) is 12.7. The molecule has 0 aliphatic heterocycles. The number of anilines is 1. The molecule has 2 N–H and O–H groups in total. The van der Waals surface area contributed by atoms with Crippen LogP contribution < -0.4 is 10.5 Å². The van der Waals surface area contributed by atoms with E-state index in [4.69, 9.17) is 10.5 Å². The van der Waals surface area contributed by atoms with Crippen molar-refractivity contribution in [2.24, 2.45) is 0 Å². The van der Waals surface area contributed by atoms with Gasteiger partial charge in [0.15, 0.2) is 0 Å². The average molecular weight is 288 g/mol. The minimum Gasteiger partial charge on any atom is -0.493 e. The van der Waals surface area contributed by atoms with Crippen LogP contribution in [0.1, 0.15) is 17.5 Å². The van der Waals surface area contributed by atoms with E-state index >= 15 is 0 Å². The third kappa shape index (κ3) is 4.17. The monoisotopic (exact) mass is 288 g/mol. The Hall–Kier alpha value is -1.68. The smallest absolute Gasteiger partial charge is 0.122 e. The van der Waals surface area contributed by atoms with Crippen molar-refractivity contribution < 1.29 is 4.74 Å². The molecule has 2 rings (SSSR count). The van der Waals surface area contributed by atoms with E-state index in [2.05, 4.69) is 37.0 Å². The van der Waals surface area contributed by atoms with Crippen molar-refractivity contribution in [1.29, 1.82) is 0 Å².